The average molecular weight is 292 g/mol. The van der Waals surface area contributed by atoms with Crippen LogP contribution in [0.5, 0.6) is 0 Å². The minimum Gasteiger partial charge on any atom is -0.396 e. The van der Waals surface area contributed by atoms with Gasteiger partial charge in [0.15, 0.2) is 0 Å². The number of hydrogen-bond donors (Lipinski definition) is 6. The van der Waals surface area contributed by atoms with Crippen molar-refractivity contribution < 1.29 is 30.0 Å². The van der Waals surface area contributed by atoms with Crippen molar-refractivity contribution in [3.8, 4) is 0 Å². The Labute approximate surface area is 117 Å². The summed E-state index contributed by atoms with van der Waals surface area (Å²) in [5.74, 6) is -1.05. The third kappa shape index (κ3) is 6.80. The number of carbonyl (C=O) groups is 2. The predicted octanol–water partition coefficient (Wildman–Crippen LogP) is -2.66. The van der Waals surface area contributed by atoms with Crippen LogP contribution < -0.4 is 10.6 Å². The second-order valence-corrected chi connectivity index (χ2v) is 5.23. The van der Waals surface area contributed by atoms with Crippen LogP contribution in [0.1, 0.15) is 20.3 Å². The van der Waals surface area contributed by atoms with Crippen molar-refractivity contribution >= 4 is 11.8 Å². The summed E-state index contributed by atoms with van der Waals surface area (Å²) < 4.78 is 0. The molecule has 2 amide bonds. The van der Waals surface area contributed by atoms with Crippen molar-refractivity contribution in [1.29, 1.82) is 0 Å². The smallest absolute Gasteiger partial charge is 0.249 e. The number of carbonyl (C=O) groups excluding carboxylic acids is 2. The second kappa shape index (κ2) is 8.85. The Kier molecular flexibility index (Phi) is 8.31. The van der Waals surface area contributed by atoms with E-state index in [4.69, 9.17) is 15.3 Å². The van der Waals surface area contributed by atoms with Gasteiger partial charge in [-0.3, -0.25) is 9.59 Å². The topological polar surface area (TPSA) is 139 Å². The van der Waals surface area contributed by atoms with E-state index in [0.29, 0.717) is 0 Å². The van der Waals surface area contributed by atoms with Gasteiger partial charge in [-0.15, -0.1) is 0 Å². The Hall–Kier alpha value is -1.22. The monoisotopic (exact) mass is 292 g/mol. The molecule has 0 saturated heterocycles. The van der Waals surface area contributed by atoms with Gasteiger partial charge in [0.25, 0.3) is 0 Å². The molecule has 0 saturated carbocycles. The predicted molar refractivity (Wildman–Crippen MR) is 70.6 cm³/mol. The van der Waals surface area contributed by atoms with E-state index in [1.165, 1.54) is 0 Å². The maximum atomic E-state index is 11.6. The fraction of sp³-hybridized carbons (Fsp3) is 0.833. The highest BCUT2D eigenvalue weighted by atomic mass is 16.3. The first-order valence-corrected chi connectivity index (χ1v) is 6.37. The maximum Gasteiger partial charge on any atom is 0.249 e. The number of hydrogen-bond acceptors (Lipinski definition) is 6. The summed E-state index contributed by atoms with van der Waals surface area (Å²) in [6.07, 6.45) is -2.40. The Morgan fingerprint density at radius 1 is 1.15 bits per heavy atom. The molecule has 0 rings (SSSR count). The molecule has 0 spiro atoms. The van der Waals surface area contributed by atoms with Gasteiger partial charge in [0, 0.05) is 24.9 Å². The summed E-state index contributed by atoms with van der Waals surface area (Å²) >= 11 is 0. The largest absolute Gasteiger partial charge is 0.396 e. The van der Waals surface area contributed by atoms with Crippen LogP contribution in [0.25, 0.3) is 0 Å². The molecule has 20 heavy (non-hydrogen) atoms. The van der Waals surface area contributed by atoms with Gasteiger partial charge in [0.2, 0.25) is 11.8 Å². The van der Waals surface area contributed by atoms with Gasteiger partial charge >= 0.3 is 0 Å². The summed E-state index contributed by atoms with van der Waals surface area (Å²) in [6.45, 7) is 2.25. The van der Waals surface area contributed by atoms with E-state index in [0.717, 1.165) is 0 Å². The molecule has 8 nitrogen and oxygen atoms in total. The zero-order valence-electron chi connectivity index (χ0n) is 11.8. The standard InChI is InChI=1S/C12H24N2O6/c1-12(2,7-16)10(19)11(20)13-4-3-9(18)14-5-8(17)6-15/h8,10,15-17,19H,3-7H2,1-2H3,(H,13,20)(H,14,18)/t8-,10-/m1/s1. The molecule has 0 unspecified atom stereocenters. The first kappa shape index (κ1) is 18.8. The molecule has 0 aliphatic heterocycles. The molecule has 0 aromatic heterocycles. The van der Waals surface area contributed by atoms with Gasteiger partial charge in [-0.1, -0.05) is 13.8 Å². The van der Waals surface area contributed by atoms with Crippen LogP contribution in [-0.2, 0) is 9.59 Å². The summed E-state index contributed by atoms with van der Waals surface area (Å²) in [7, 11) is 0. The molecule has 0 aliphatic rings. The quantitative estimate of drug-likeness (QED) is 0.274. The molecule has 0 radical (unpaired) electrons. The van der Waals surface area contributed by atoms with Crippen LogP contribution in [0.3, 0.4) is 0 Å². The van der Waals surface area contributed by atoms with Crippen LogP contribution >= 0.6 is 0 Å². The van der Waals surface area contributed by atoms with Gasteiger partial charge in [-0.05, 0) is 0 Å². The lowest BCUT2D eigenvalue weighted by Crippen LogP contribution is -2.46. The first-order chi connectivity index (χ1) is 9.24. The molecule has 0 aromatic carbocycles. The molecule has 0 fully saturated rings. The van der Waals surface area contributed by atoms with E-state index in [1.54, 1.807) is 13.8 Å². The lowest BCUT2D eigenvalue weighted by molar-refractivity contribution is -0.137. The first-order valence-electron chi connectivity index (χ1n) is 6.37. The number of nitrogens with one attached hydrogen (secondary N) is 2. The van der Waals surface area contributed by atoms with Crippen molar-refractivity contribution in [1.82, 2.24) is 10.6 Å². The molecule has 0 heterocycles. The van der Waals surface area contributed by atoms with E-state index >= 15 is 0 Å². The molecule has 0 aromatic rings. The Morgan fingerprint density at radius 2 is 1.75 bits per heavy atom. The van der Waals surface area contributed by atoms with Crippen LogP contribution in [0, 0.1) is 5.41 Å². The summed E-state index contributed by atoms with van der Waals surface area (Å²) in [4.78, 5) is 22.9. The highest BCUT2D eigenvalue weighted by molar-refractivity contribution is 5.82. The Bertz CT molecular complexity index is 321. The van der Waals surface area contributed by atoms with Gasteiger partial charge in [-0.2, -0.15) is 0 Å². The Morgan fingerprint density at radius 3 is 2.25 bits per heavy atom. The molecule has 0 aliphatic carbocycles. The highest BCUT2D eigenvalue weighted by Gasteiger charge is 2.32. The fourth-order valence-corrected chi connectivity index (χ4v) is 1.22. The lowest BCUT2D eigenvalue weighted by atomic mass is 9.87. The zero-order chi connectivity index (χ0) is 15.8. The molecule has 118 valence electrons. The molecular formula is C12H24N2O6. The van der Waals surface area contributed by atoms with Crippen molar-refractivity contribution in [3.05, 3.63) is 0 Å². The van der Waals surface area contributed by atoms with Crippen LogP contribution in [0.2, 0.25) is 0 Å². The van der Waals surface area contributed by atoms with E-state index < -0.39 is 36.0 Å². The van der Waals surface area contributed by atoms with E-state index in [-0.39, 0.29) is 26.1 Å². The van der Waals surface area contributed by atoms with Gasteiger partial charge in [-0.25, -0.2) is 0 Å². The minimum atomic E-state index is -1.37. The normalized spacial score (nSPS) is 14.5. The highest BCUT2D eigenvalue weighted by Crippen LogP contribution is 2.19. The van der Waals surface area contributed by atoms with Crippen molar-refractivity contribution in [2.45, 2.75) is 32.5 Å². The molecule has 6 N–H and O–H groups in total. The van der Waals surface area contributed by atoms with Crippen molar-refractivity contribution in [3.63, 3.8) is 0 Å². The Balaban J connectivity index is 3.95. The summed E-state index contributed by atoms with van der Waals surface area (Å²) in [5.41, 5.74) is -0.961. The van der Waals surface area contributed by atoms with Gasteiger partial charge < -0.3 is 31.1 Å². The maximum absolute atomic E-state index is 11.6. The van der Waals surface area contributed by atoms with Gasteiger partial charge in [0.05, 0.1) is 19.3 Å². The van der Waals surface area contributed by atoms with Crippen LogP contribution in [0.15, 0.2) is 0 Å². The van der Waals surface area contributed by atoms with Crippen LogP contribution in [-0.4, -0.2) is 70.8 Å². The minimum absolute atomic E-state index is 0.0177. The van der Waals surface area contributed by atoms with Crippen LogP contribution in [0.4, 0.5) is 0 Å². The number of aliphatic hydroxyl groups excluding tert-OH is 4. The summed E-state index contributed by atoms with van der Waals surface area (Å²) in [6, 6.07) is 0. The van der Waals surface area contributed by atoms with E-state index in [9.17, 15) is 14.7 Å². The van der Waals surface area contributed by atoms with E-state index in [1.807, 2.05) is 0 Å². The third-order valence-electron chi connectivity index (χ3n) is 2.79. The third-order valence-corrected chi connectivity index (χ3v) is 2.79. The lowest BCUT2D eigenvalue weighted by Gasteiger charge is -2.27. The average Bonchev–Trinajstić information content (AvgIpc) is 2.43. The van der Waals surface area contributed by atoms with Gasteiger partial charge in [0.1, 0.15) is 6.10 Å². The number of aliphatic hydroxyl groups is 4. The molecular weight excluding hydrogens is 268 g/mol. The molecule has 2 atom stereocenters. The van der Waals surface area contributed by atoms with E-state index in [2.05, 4.69) is 10.6 Å². The SMILES string of the molecule is CC(C)(CO)[C@H](O)C(=O)NCCC(=O)NC[C@@H](O)CO. The zero-order valence-corrected chi connectivity index (χ0v) is 11.8. The summed E-state index contributed by atoms with van der Waals surface area (Å²) in [5, 5.41) is 41.0. The number of amides is 2. The molecule has 8 heteroatoms. The number of rotatable bonds is 9. The van der Waals surface area contributed by atoms with Crippen molar-refractivity contribution in [2.24, 2.45) is 5.41 Å². The molecule has 0 bridgehead atoms. The second-order valence-electron chi connectivity index (χ2n) is 5.23. The van der Waals surface area contributed by atoms with Crippen molar-refractivity contribution in [2.75, 3.05) is 26.3 Å². The fourth-order valence-electron chi connectivity index (χ4n) is 1.22.